The highest BCUT2D eigenvalue weighted by Crippen LogP contribution is 2.42. The molecule has 9 heteroatoms. The number of amides is 1. The first-order chi connectivity index (χ1) is 17.3. The summed E-state index contributed by atoms with van der Waals surface area (Å²) in [5.74, 6) is 0.685. The maximum Gasteiger partial charge on any atom is 0.414 e. The monoisotopic (exact) mass is 510 g/mol. The smallest absolute Gasteiger partial charge is 0.414 e. The molecule has 3 aromatic rings. The second-order valence-corrected chi connectivity index (χ2v) is 10.4. The molecule has 1 saturated carbocycles. The summed E-state index contributed by atoms with van der Waals surface area (Å²) in [6.45, 7) is 3.67. The van der Waals surface area contributed by atoms with Gasteiger partial charge in [-0.15, -0.1) is 0 Å². The quantitative estimate of drug-likeness (QED) is 0.505. The average Bonchev–Trinajstić information content (AvgIpc) is 3.28. The lowest BCUT2D eigenvalue weighted by molar-refractivity contribution is -0.122. The van der Waals surface area contributed by atoms with Gasteiger partial charge in [0, 0.05) is 29.8 Å². The number of Topliss-reactive ketones (excluding diaryl/α,β-unsaturated/α-hetero) is 1. The second kappa shape index (κ2) is 9.82. The highest BCUT2D eigenvalue weighted by Gasteiger charge is 2.35. The van der Waals surface area contributed by atoms with E-state index in [-0.39, 0.29) is 23.8 Å². The Bertz CT molecular complexity index is 1310. The van der Waals surface area contributed by atoms with Crippen LogP contribution < -0.4 is 4.90 Å². The van der Waals surface area contributed by atoms with Crippen LogP contribution in [0.3, 0.4) is 0 Å². The molecule has 0 spiro atoms. The van der Waals surface area contributed by atoms with Gasteiger partial charge < -0.3 is 14.4 Å². The van der Waals surface area contributed by atoms with Gasteiger partial charge >= 0.3 is 6.09 Å². The minimum atomic E-state index is -1.07. The van der Waals surface area contributed by atoms with Crippen molar-refractivity contribution < 1.29 is 19.4 Å². The SMILES string of the molecule is COC(=O)N1c2ccc3c(nc([C@H](O)c4ccc(Cl)cn4)n3[C@@H]3CCC[C@@H](C(C)=O)C3)c2CC[C@@H]1C. The zero-order chi connectivity index (χ0) is 25.6. The molecular formula is C27H31ClN4O4. The van der Waals surface area contributed by atoms with Crippen LogP contribution in [0.1, 0.15) is 75.2 Å². The molecule has 0 saturated heterocycles. The van der Waals surface area contributed by atoms with Gasteiger partial charge in [-0.1, -0.05) is 18.0 Å². The van der Waals surface area contributed by atoms with Crippen molar-refractivity contribution in [1.29, 1.82) is 0 Å². The Balaban J connectivity index is 1.69. The normalized spacial score (nSPS) is 22.8. The van der Waals surface area contributed by atoms with Gasteiger partial charge in [0.2, 0.25) is 0 Å². The van der Waals surface area contributed by atoms with Crippen molar-refractivity contribution >= 4 is 40.2 Å². The number of fused-ring (bicyclic) bond motifs is 3. The Hall–Kier alpha value is -2.97. The molecule has 8 nitrogen and oxygen atoms in total. The first kappa shape index (κ1) is 24.7. The van der Waals surface area contributed by atoms with Crippen molar-refractivity contribution in [2.24, 2.45) is 5.92 Å². The summed E-state index contributed by atoms with van der Waals surface area (Å²) >= 11 is 6.03. The fourth-order valence-corrected chi connectivity index (χ4v) is 5.93. The van der Waals surface area contributed by atoms with E-state index in [1.165, 1.54) is 13.3 Å². The van der Waals surface area contributed by atoms with E-state index in [1.807, 2.05) is 19.1 Å². The molecule has 0 unspecified atom stereocenters. The van der Waals surface area contributed by atoms with Crippen molar-refractivity contribution in [2.75, 3.05) is 12.0 Å². The van der Waals surface area contributed by atoms with Crippen molar-refractivity contribution in [1.82, 2.24) is 14.5 Å². The van der Waals surface area contributed by atoms with E-state index in [9.17, 15) is 14.7 Å². The van der Waals surface area contributed by atoms with Crippen LogP contribution in [0.5, 0.6) is 0 Å². The molecular weight excluding hydrogens is 480 g/mol. The van der Waals surface area contributed by atoms with Gasteiger partial charge in [0.15, 0.2) is 6.10 Å². The Kier molecular flexibility index (Phi) is 6.74. The summed E-state index contributed by atoms with van der Waals surface area (Å²) < 4.78 is 7.17. The number of halogens is 1. The third kappa shape index (κ3) is 4.26. The molecule has 3 heterocycles. The molecule has 1 amide bonds. The molecule has 2 aromatic heterocycles. The molecule has 1 fully saturated rings. The van der Waals surface area contributed by atoms with Crippen LogP contribution in [0.4, 0.5) is 10.5 Å². The maximum atomic E-state index is 12.6. The summed E-state index contributed by atoms with van der Waals surface area (Å²) in [5, 5.41) is 11.9. The van der Waals surface area contributed by atoms with Gasteiger partial charge in [-0.3, -0.25) is 14.7 Å². The molecule has 1 aromatic carbocycles. The molecule has 5 rings (SSSR count). The number of aliphatic hydroxyl groups excluding tert-OH is 1. The van der Waals surface area contributed by atoms with Crippen molar-refractivity contribution in [3.8, 4) is 0 Å². The highest BCUT2D eigenvalue weighted by molar-refractivity contribution is 6.30. The number of anilines is 1. The fraction of sp³-hybridized carbons (Fsp3) is 0.481. The number of methoxy groups -OCH3 is 1. The number of aryl methyl sites for hydroxylation is 1. The molecule has 0 bridgehead atoms. The van der Waals surface area contributed by atoms with Crippen LogP contribution in [-0.4, -0.2) is 44.7 Å². The lowest BCUT2D eigenvalue weighted by atomic mass is 9.83. The number of hydrogen-bond acceptors (Lipinski definition) is 6. The molecule has 1 aliphatic carbocycles. The van der Waals surface area contributed by atoms with E-state index >= 15 is 0 Å². The molecule has 0 radical (unpaired) electrons. The zero-order valence-electron chi connectivity index (χ0n) is 20.8. The molecule has 1 N–H and O–H groups in total. The number of ketones is 1. The zero-order valence-corrected chi connectivity index (χ0v) is 21.5. The number of pyridine rings is 1. The summed E-state index contributed by atoms with van der Waals surface area (Å²) in [7, 11) is 1.39. The number of hydrogen-bond donors (Lipinski definition) is 1. The van der Waals surface area contributed by atoms with Crippen LogP contribution in [-0.2, 0) is 16.0 Å². The number of imidazole rings is 1. The lowest BCUT2D eigenvalue weighted by Gasteiger charge is -2.34. The maximum absolute atomic E-state index is 12.6. The Morgan fingerprint density at radius 1 is 1.19 bits per heavy atom. The van der Waals surface area contributed by atoms with Crippen LogP contribution >= 0.6 is 11.6 Å². The van der Waals surface area contributed by atoms with E-state index in [4.69, 9.17) is 21.3 Å². The van der Waals surface area contributed by atoms with E-state index in [0.29, 0.717) is 23.0 Å². The standard InChI is InChI=1S/C27H31ClN4O4/c1-15-7-9-20-22(31(15)27(35)36-3)11-12-23-24(20)30-26(25(34)21-10-8-18(28)14-29-21)32(23)19-6-4-5-17(13-19)16(2)33/h8,10-12,14-15,17,19,25,34H,4-7,9,13H2,1-3H3/t15-,17+,19+,25+/m0/s1. The van der Waals surface area contributed by atoms with Crippen LogP contribution in [0.2, 0.25) is 5.02 Å². The average molecular weight is 511 g/mol. The minimum absolute atomic E-state index is 0.00230. The largest absolute Gasteiger partial charge is 0.452 e. The molecule has 36 heavy (non-hydrogen) atoms. The van der Waals surface area contributed by atoms with Gasteiger partial charge in [0.25, 0.3) is 0 Å². The van der Waals surface area contributed by atoms with Gasteiger partial charge in [0.05, 0.1) is 34.5 Å². The lowest BCUT2D eigenvalue weighted by Crippen LogP contribution is -2.42. The summed E-state index contributed by atoms with van der Waals surface area (Å²) in [4.78, 5) is 35.9. The second-order valence-electron chi connectivity index (χ2n) is 9.93. The van der Waals surface area contributed by atoms with Gasteiger partial charge in [0.1, 0.15) is 11.6 Å². The predicted octanol–water partition coefficient (Wildman–Crippen LogP) is 5.39. The number of benzene rings is 1. The van der Waals surface area contributed by atoms with Gasteiger partial charge in [-0.2, -0.15) is 0 Å². The summed E-state index contributed by atoms with van der Waals surface area (Å²) in [6, 6.07) is 7.34. The van der Waals surface area contributed by atoms with E-state index < -0.39 is 12.2 Å². The summed E-state index contributed by atoms with van der Waals surface area (Å²) in [6.07, 6.45) is 5.00. The Morgan fingerprint density at radius 2 is 2.00 bits per heavy atom. The topological polar surface area (TPSA) is 97.5 Å². The summed E-state index contributed by atoms with van der Waals surface area (Å²) in [5.41, 5.74) is 3.86. The number of nitrogens with zero attached hydrogens (tertiary/aromatic N) is 4. The van der Waals surface area contributed by atoms with Crippen molar-refractivity contribution in [3.63, 3.8) is 0 Å². The molecule has 1 aliphatic heterocycles. The first-order valence-electron chi connectivity index (χ1n) is 12.5. The number of rotatable bonds is 4. The third-order valence-electron chi connectivity index (χ3n) is 7.71. The molecule has 4 atom stereocenters. The minimum Gasteiger partial charge on any atom is -0.452 e. The van der Waals surface area contributed by atoms with Gasteiger partial charge in [-0.05, 0) is 70.2 Å². The Labute approximate surface area is 215 Å². The van der Waals surface area contributed by atoms with Crippen LogP contribution in [0, 0.1) is 5.92 Å². The van der Waals surface area contributed by atoms with Crippen LogP contribution in [0.15, 0.2) is 30.5 Å². The van der Waals surface area contributed by atoms with E-state index in [2.05, 4.69) is 9.55 Å². The third-order valence-corrected chi connectivity index (χ3v) is 7.94. The van der Waals surface area contributed by atoms with Crippen molar-refractivity contribution in [3.05, 3.63) is 52.6 Å². The molecule has 190 valence electrons. The van der Waals surface area contributed by atoms with Gasteiger partial charge in [-0.25, -0.2) is 9.78 Å². The highest BCUT2D eigenvalue weighted by atomic mass is 35.5. The fourth-order valence-electron chi connectivity index (χ4n) is 5.82. The number of aliphatic hydroxyl groups is 1. The molecule has 2 aliphatic rings. The first-order valence-corrected chi connectivity index (χ1v) is 12.9. The van der Waals surface area contributed by atoms with Crippen LogP contribution in [0.25, 0.3) is 11.0 Å². The van der Waals surface area contributed by atoms with E-state index in [1.54, 1.807) is 24.0 Å². The van der Waals surface area contributed by atoms with Crippen molar-refractivity contribution in [2.45, 2.75) is 70.6 Å². The Morgan fingerprint density at radius 3 is 2.69 bits per heavy atom. The van der Waals surface area contributed by atoms with E-state index in [0.717, 1.165) is 54.4 Å². The number of ether oxygens (including phenoxy) is 1. The number of carbonyl (C=O) groups is 2. The predicted molar refractivity (Wildman–Crippen MR) is 137 cm³/mol. The number of carbonyl (C=O) groups excluding carboxylic acids is 2. The number of aromatic nitrogens is 3.